The zero-order valence-corrected chi connectivity index (χ0v) is 20.5. The lowest BCUT2D eigenvalue weighted by Gasteiger charge is -2.07. The summed E-state index contributed by atoms with van der Waals surface area (Å²) >= 11 is 16.0. The number of nitrogens with zero attached hydrogens (tertiary/aromatic N) is 4. The number of nitrogens with one attached hydrogen (secondary N) is 1. The van der Waals surface area contributed by atoms with Crippen LogP contribution in [0.3, 0.4) is 0 Å². The van der Waals surface area contributed by atoms with Crippen molar-refractivity contribution >= 4 is 50.9 Å². The maximum Gasteiger partial charge on any atom is 0.256 e. The topological polar surface area (TPSA) is 64.7 Å². The number of rotatable bonds is 6. The van der Waals surface area contributed by atoms with Crippen LogP contribution < -0.4 is 5.32 Å². The molecule has 2 aromatic heterocycles. The van der Waals surface area contributed by atoms with Crippen molar-refractivity contribution < 1.29 is 4.79 Å². The Hall–Kier alpha value is -2.61. The van der Waals surface area contributed by atoms with E-state index in [0.717, 1.165) is 27.0 Å². The smallest absolute Gasteiger partial charge is 0.256 e. The first-order valence-corrected chi connectivity index (χ1v) is 11.4. The molecule has 2 aromatic carbocycles. The van der Waals surface area contributed by atoms with Crippen LogP contribution >= 0.6 is 39.1 Å². The van der Waals surface area contributed by atoms with Crippen LogP contribution in [-0.4, -0.2) is 25.5 Å². The number of hydrogen-bond acceptors (Lipinski definition) is 3. The molecule has 2 heterocycles. The highest BCUT2D eigenvalue weighted by molar-refractivity contribution is 9.10. The fourth-order valence-corrected chi connectivity index (χ4v) is 3.98. The van der Waals surface area contributed by atoms with Gasteiger partial charge in [-0.2, -0.15) is 10.2 Å². The molecule has 0 aliphatic rings. The van der Waals surface area contributed by atoms with Crippen molar-refractivity contribution in [3.8, 4) is 0 Å². The Morgan fingerprint density at radius 1 is 1.00 bits per heavy atom. The van der Waals surface area contributed by atoms with Crippen LogP contribution in [0.15, 0.2) is 59.2 Å². The molecule has 1 amide bonds. The van der Waals surface area contributed by atoms with Gasteiger partial charge in [0.1, 0.15) is 5.02 Å². The predicted molar refractivity (Wildman–Crippen MR) is 131 cm³/mol. The van der Waals surface area contributed by atoms with Crippen molar-refractivity contribution in [2.75, 3.05) is 5.32 Å². The number of anilines is 1. The Morgan fingerprint density at radius 2 is 1.72 bits per heavy atom. The summed E-state index contributed by atoms with van der Waals surface area (Å²) in [6.07, 6.45) is 1.66. The second kappa shape index (κ2) is 9.48. The summed E-state index contributed by atoms with van der Waals surface area (Å²) < 4.78 is 4.59. The maximum atomic E-state index is 12.7. The van der Waals surface area contributed by atoms with E-state index in [2.05, 4.69) is 31.4 Å². The molecule has 0 aliphatic carbocycles. The number of benzene rings is 2. The highest BCUT2D eigenvalue weighted by atomic mass is 79.9. The van der Waals surface area contributed by atoms with Crippen LogP contribution in [0.2, 0.25) is 10.0 Å². The molecule has 0 aliphatic heterocycles. The average molecular weight is 533 g/mol. The summed E-state index contributed by atoms with van der Waals surface area (Å²) in [7, 11) is 0. The lowest BCUT2D eigenvalue weighted by Crippen LogP contribution is -2.13. The monoisotopic (exact) mass is 531 g/mol. The number of carbonyl (C=O) groups excluding carboxylic acids is 1. The zero-order chi connectivity index (χ0) is 22.8. The number of aryl methyl sites for hydroxylation is 1. The van der Waals surface area contributed by atoms with Crippen molar-refractivity contribution in [3.63, 3.8) is 0 Å². The van der Waals surface area contributed by atoms with Crippen molar-refractivity contribution in [1.82, 2.24) is 19.6 Å². The molecule has 0 spiro atoms. The van der Waals surface area contributed by atoms with Gasteiger partial charge in [0.15, 0.2) is 5.82 Å². The third-order valence-corrected chi connectivity index (χ3v) is 6.87. The van der Waals surface area contributed by atoms with E-state index >= 15 is 0 Å². The van der Waals surface area contributed by atoms with Gasteiger partial charge in [-0.3, -0.25) is 14.2 Å². The number of amides is 1. The van der Waals surface area contributed by atoms with Crippen LogP contribution in [0.4, 0.5) is 5.82 Å². The summed E-state index contributed by atoms with van der Waals surface area (Å²) in [5, 5.41) is 12.7. The summed E-state index contributed by atoms with van der Waals surface area (Å²) in [5.41, 5.74) is 4.48. The van der Waals surface area contributed by atoms with Gasteiger partial charge in [-0.05, 0) is 59.1 Å². The Labute approximate surface area is 204 Å². The Morgan fingerprint density at radius 3 is 2.38 bits per heavy atom. The Balaban J connectivity index is 1.43. The van der Waals surface area contributed by atoms with E-state index in [9.17, 15) is 4.79 Å². The van der Waals surface area contributed by atoms with Crippen LogP contribution in [0, 0.1) is 13.8 Å². The molecule has 32 heavy (non-hydrogen) atoms. The molecule has 164 valence electrons. The summed E-state index contributed by atoms with van der Waals surface area (Å²) in [5.74, 6) is 0.0237. The Kier molecular flexibility index (Phi) is 6.69. The highest BCUT2D eigenvalue weighted by Gasteiger charge is 2.14. The normalized spacial score (nSPS) is 11.0. The number of halogens is 3. The second-order valence-corrected chi connectivity index (χ2v) is 9.02. The van der Waals surface area contributed by atoms with Crippen molar-refractivity contribution in [1.29, 1.82) is 0 Å². The van der Waals surface area contributed by atoms with Crippen molar-refractivity contribution in [3.05, 3.63) is 97.3 Å². The third-order valence-electron chi connectivity index (χ3n) is 5.08. The van der Waals surface area contributed by atoms with E-state index in [0.29, 0.717) is 34.5 Å². The van der Waals surface area contributed by atoms with Gasteiger partial charge in [0, 0.05) is 16.8 Å². The van der Waals surface area contributed by atoms with Gasteiger partial charge in [-0.25, -0.2) is 0 Å². The first kappa shape index (κ1) is 22.6. The number of hydrogen-bond donors (Lipinski definition) is 1. The number of aromatic nitrogens is 4. The van der Waals surface area contributed by atoms with Crippen LogP contribution in [0.25, 0.3) is 0 Å². The van der Waals surface area contributed by atoms with Gasteiger partial charge in [0.25, 0.3) is 5.91 Å². The lowest BCUT2D eigenvalue weighted by molar-refractivity contribution is 0.102. The van der Waals surface area contributed by atoms with Crippen molar-refractivity contribution in [2.24, 2.45) is 0 Å². The predicted octanol–water partition coefficient (Wildman–Crippen LogP) is 6.11. The van der Waals surface area contributed by atoms with Gasteiger partial charge in [0.05, 0.1) is 29.0 Å². The van der Waals surface area contributed by atoms with E-state index in [-0.39, 0.29) is 5.91 Å². The minimum atomic E-state index is -0.282. The number of carbonyl (C=O) groups is 1. The fourth-order valence-electron chi connectivity index (χ4n) is 3.31. The van der Waals surface area contributed by atoms with E-state index in [1.165, 1.54) is 0 Å². The summed E-state index contributed by atoms with van der Waals surface area (Å²) in [6.45, 7) is 5.05. The maximum absolute atomic E-state index is 12.7. The molecule has 1 N–H and O–H groups in total. The van der Waals surface area contributed by atoms with Gasteiger partial charge >= 0.3 is 0 Å². The quantitative estimate of drug-likeness (QED) is 0.325. The standard InChI is InChI=1S/C23H20BrCl2N5O/c1-14-21(24)15(2)31(28-14)11-16-7-9-17(10-8-16)23(32)27-22-20(26)13-30(29-22)12-18-5-3-4-6-19(18)25/h3-10,13H,11-12H2,1-2H3,(H,27,29,32). The second-order valence-electron chi connectivity index (χ2n) is 7.41. The molecule has 6 nitrogen and oxygen atoms in total. The fraction of sp³-hybridized carbons (Fsp3) is 0.174. The van der Waals surface area contributed by atoms with E-state index in [1.54, 1.807) is 23.0 Å². The zero-order valence-electron chi connectivity index (χ0n) is 17.4. The average Bonchev–Trinajstić information content (AvgIpc) is 3.23. The van der Waals surface area contributed by atoms with E-state index < -0.39 is 0 Å². The minimum Gasteiger partial charge on any atom is -0.304 e. The molecule has 4 rings (SSSR count). The molecule has 0 bridgehead atoms. The molecule has 4 aromatic rings. The van der Waals surface area contributed by atoms with Crippen molar-refractivity contribution in [2.45, 2.75) is 26.9 Å². The molecule has 0 unspecified atom stereocenters. The first-order valence-electron chi connectivity index (χ1n) is 9.88. The van der Waals surface area contributed by atoms with Gasteiger partial charge in [0.2, 0.25) is 0 Å². The summed E-state index contributed by atoms with van der Waals surface area (Å²) in [6, 6.07) is 14.9. The third kappa shape index (κ3) is 4.90. The largest absolute Gasteiger partial charge is 0.304 e. The van der Waals surface area contributed by atoms with E-state index in [1.807, 2.05) is 54.9 Å². The van der Waals surface area contributed by atoms with Gasteiger partial charge in [-0.15, -0.1) is 0 Å². The molecule has 0 saturated heterocycles. The molecule has 0 radical (unpaired) electrons. The van der Waals surface area contributed by atoms with E-state index in [4.69, 9.17) is 23.2 Å². The molecular weight excluding hydrogens is 513 g/mol. The van der Waals surface area contributed by atoms with Gasteiger partial charge in [-0.1, -0.05) is 53.5 Å². The van der Waals surface area contributed by atoms with Gasteiger partial charge < -0.3 is 5.32 Å². The van der Waals surface area contributed by atoms with Crippen LogP contribution in [0.5, 0.6) is 0 Å². The molecule has 0 saturated carbocycles. The van der Waals surface area contributed by atoms with Crippen LogP contribution in [-0.2, 0) is 13.1 Å². The molecule has 0 fully saturated rings. The first-order chi connectivity index (χ1) is 15.3. The highest BCUT2D eigenvalue weighted by Crippen LogP contribution is 2.23. The van der Waals surface area contributed by atoms with Crippen LogP contribution in [0.1, 0.15) is 32.9 Å². The SMILES string of the molecule is Cc1nn(Cc2ccc(C(=O)Nc3nn(Cc4ccccc4Cl)cc3Cl)cc2)c(C)c1Br. The molecular formula is C23H20BrCl2N5O. The molecule has 0 atom stereocenters. The Bertz CT molecular complexity index is 1280. The summed E-state index contributed by atoms with van der Waals surface area (Å²) in [4.78, 5) is 12.7. The lowest BCUT2D eigenvalue weighted by atomic mass is 10.1. The minimum absolute atomic E-state index is 0.282. The molecule has 9 heteroatoms.